The summed E-state index contributed by atoms with van der Waals surface area (Å²) in [6.07, 6.45) is 1.04. The number of benzene rings is 1. The number of ether oxygens (including phenoxy) is 1. The fourth-order valence-electron chi connectivity index (χ4n) is 2.16. The first kappa shape index (κ1) is 11.3. The number of anilines is 1. The maximum atomic E-state index is 6.03. The Kier molecular flexibility index (Phi) is 3.34. The third kappa shape index (κ3) is 2.30. The van der Waals surface area contributed by atoms with Crippen LogP contribution in [0.25, 0.3) is 0 Å². The molecule has 0 aliphatic carbocycles. The number of hydrogen-bond acceptors (Lipinski definition) is 3. The minimum Gasteiger partial charge on any atom is -0.493 e. The first-order chi connectivity index (χ1) is 7.68. The van der Waals surface area contributed by atoms with Crippen molar-refractivity contribution in [1.29, 1.82) is 0 Å². The molecule has 0 spiro atoms. The van der Waals surface area contributed by atoms with E-state index in [1.165, 1.54) is 5.56 Å². The van der Waals surface area contributed by atoms with E-state index in [2.05, 4.69) is 19.2 Å². The molecule has 1 aliphatic heterocycles. The van der Waals surface area contributed by atoms with Crippen LogP contribution in [0.2, 0.25) is 0 Å². The minimum atomic E-state index is 0.479. The highest BCUT2D eigenvalue weighted by atomic mass is 16.5. The van der Waals surface area contributed by atoms with Crippen LogP contribution in [0.5, 0.6) is 5.75 Å². The van der Waals surface area contributed by atoms with Crippen LogP contribution in [0.4, 0.5) is 5.69 Å². The van der Waals surface area contributed by atoms with E-state index in [1.807, 2.05) is 18.2 Å². The quantitative estimate of drug-likeness (QED) is 0.767. The molecule has 3 heteroatoms. The summed E-state index contributed by atoms with van der Waals surface area (Å²) < 4.78 is 5.63. The summed E-state index contributed by atoms with van der Waals surface area (Å²) in [5, 5.41) is 3.47. The Balaban J connectivity index is 2.18. The van der Waals surface area contributed by atoms with Crippen LogP contribution in [0.3, 0.4) is 0 Å². The van der Waals surface area contributed by atoms with Gasteiger partial charge in [0.1, 0.15) is 5.75 Å². The van der Waals surface area contributed by atoms with Crippen LogP contribution in [0.15, 0.2) is 18.2 Å². The van der Waals surface area contributed by atoms with Gasteiger partial charge in [-0.05, 0) is 18.6 Å². The van der Waals surface area contributed by atoms with Gasteiger partial charge in [-0.25, -0.2) is 0 Å². The van der Waals surface area contributed by atoms with Gasteiger partial charge in [-0.1, -0.05) is 19.9 Å². The van der Waals surface area contributed by atoms with Crippen LogP contribution in [0.1, 0.15) is 31.7 Å². The molecule has 16 heavy (non-hydrogen) atoms. The van der Waals surface area contributed by atoms with E-state index in [-0.39, 0.29) is 0 Å². The van der Waals surface area contributed by atoms with Crippen molar-refractivity contribution < 1.29 is 4.74 Å². The Hall–Kier alpha value is -1.22. The van der Waals surface area contributed by atoms with Crippen LogP contribution in [-0.4, -0.2) is 19.2 Å². The van der Waals surface area contributed by atoms with E-state index in [4.69, 9.17) is 10.5 Å². The van der Waals surface area contributed by atoms with Gasteiger partial charge in [0.25, 0.3) is 0 Å². The molecule has 0 fully saturated rings. The average Bonchev–Trinajstić information content (AvgIpc) is 2.26. The van der Waals surface area contributed by atoms with Crippen molar-refractivity contribution in [2.45, 2.75) is 32.2 Å². The maximum Gasteiger partial charge on any atom is 0.124 e. The second-order valence-electron chi connectivity index (χ2n) is 4.66. The predicted molar refractivity (Wildman–Crippen MR) is 66.8 cm³/mol. The second kappa shape index (κ2) is 4.74. The Bertz CT molecular complexity index is 363. The van der Waals surface area contributed by atoms with Gasteiger partial charge in [-0.2, -0.15) is 0 Å². The molecule has 0 saturated heterocycles. The number of hydrogen-bond donors (Lipinski definition) is 2. The lowest BCUT2D eigenvalue weighted by atomic mass is 9.91. The standard InChI is InChI=1S/C13H20N2O/c1-9(2)15-8-10-6-7-16-12-5-3-4-11(14)13(10)12/h3-5,9-10,15H,6-8,14H2,1-2H3. The van der Waals surface area contributed by atoms with Gasteiger partial charge in [0, 0.05) is 29.8 Å². The number of nitrogens with two attached hydrogens (primary N) is 1. The van der Waals surface area contributed by atoms with Crippen LogP contribution in [0, 0.1) is 0 Å². The highest BCUT2D eigenvalue weighted by Crippen LogP contribution is 2.37. The molecule has 0 amide bonds. The average molecular weight is 220 g/mol. The SMILES string of the molecule is CC(C)NCC1CCOc2cccc(N)c21. The van der Waals surface area contributed by atoms with Crippen molar-refractivity contribution in [1.82, 2.24) is 5.32 Å². The molecular formula is C13H20N2O. The monoisotopic (exact) mass is 220 g/mol. The molecule has 0 aromatic heterocycles. The molecule has 0 radical (unpaired) electrons. The molecular weight excluding hydrogens is 200 g/mol. The summed E-state index contributed by atoms with van der Waals surface area (Å²) in [6.45, 7) is 6.09. The first-order valence-electron chi connectivity index (χ1n) is 5.93. The summed E-state index contributed by atoms with van der Waals surface area (Å²) in [5.41, 5.74) is 8.07. The summed E-state index contributed by atoms with van der Waals surface area (Å²) in [7, 11) is 0. The Morgan fingerprint density at radius 3 is 3.06 bits per heavy atom. The topological polar surface area (TPSA) is 47.3 Å². The third-order valence-electron chi connectivity index (χ3n) is 3.00. The van der Waals surface area contributed by atoms with E-state index >= 15 is 0 Å². The second-order valence-corrected chi connectivity index (χ2v) is 4.66. The molecule has 2 rings (SSSR count). The lowest BCUT2D eigenvalue weighted by molar-refractivity contribution is 0.264. The van der Waals surface area contributed by atoms with E-state index in [0.29, 0.717) is 12.0 Å². The van der Waals surface area contributed by atoms with Gasteiger partial charge in [0.05, 0.1) is 6.61 Å². The molecule has 1 aliphatic rings. The zero-order chi connectivity index (χ0) is 11.5. The molecule has 0 bridgehead atoms. The zero-order valence-electron chi connectivity index (χ0n) is 9.99. The molecule has 1 heterocycles. The van der Waals surface area contributed by atoms with Crippen molar-refractivity contribution in [3.63, 3.8) is 0 Å². The molecule has 88 valence electrons. The first-order valence-corrected chi connectivity index (χ1v) is 5.93. The molecule has 3 N–H and O–H groups in total. The summed E-state index contributed by atoms with van der Waals surface area (Å²) in [4.78, 5) is 0. The van der Waals surface area contributed by atoms with Crippen molar-refractivity contribution in [3.8, 4) is 5.75 Å². The van der Waals surface area contributed by atoms with Crippen molar-refractivity contribution in [3.05, 3.63) is 23.8 Å². The minimum absolute atomic E-state index is 0.479. The largest absolute Gasteiger partial charge is 0.493 e. The zero-order valence-corrected chi connectivity index (χ0v) is 9.99. The summed E-state index contributed by atoms with van der Waals surface area (Å²) in [5.74, 6) is 1.44. The third-order valence-corrected chi connectivity index (χ3v) is 3.00. The van der Waals surface area contributed by atoms with Crippen LogP contribution in [-0.2, 0) is 0 Å². The number of fused-ring (bicyclic) bond motifs is 1. The highest BCUT2D eigenvalue weighted by molar-refractivity contribution is 5.57. The molecule has 0 saturated carbocycles. The molecule has 1 aromatic carbocycles. The molecule has 1 unspecified atom stereocenters. The van der Waals surface area contributed by atoms with Gasteiger partial charge < -0.3 is 15.8 Å². The van der Waals surface area contributed by atoms with E-state index in [1.54, 1.807) is 0 Å². The van der Waals surface area contributed by atoms with Gasteiger partial charge in [-0.3, -0.25) is 0 Å². The van der Waals surface area contributed by atoms with Crippen molar-refractivity contribution >= 4 is 5.69 Å². The maximum absolute atomic E-state index is 6.03. The highest BCUT2D eigenvalue weighted by Gasteiger charge is 2.23. The van der Waals surface area contributed by atoms with Crippen molar-refractivity contribution in [2.24, 2.45) is 0 Å². The predicted octanol–water partition coefficient (Wildman–Crippen LogP) is 2.13. The van der Waals surface area contributed by atoms with E-state index in [0.717, 1.165) is 31.0 Å². The van der Waals surface area contributed by atoms with Gasteiger partial charge >= 0.3 is 0 Å². The van der Waals surface area contributed by atoms with Gasteiger partial charge in [0.2, 0.25) is 0 Å². The number of nitrogens with one attached hydrogen (secondary N) is 1. The number of nitrogen functional groups attached to an aromatic ring is 1. The Labute approximate surface area is 97.0 Å². The molecule has 3 nitrogen and oxygen atoms in total. The summed E-state index contributed by atoms with van der Waals surface area (Å²) >= 11 is 0. The van der Waals surface area contributed by atoms with E-state index in [9.17, 15) is 0 Å². The molecule has 1 aromatic rings. The fourth-order valence-corrected chi connectivity index (χ4v) is 2.16. The van der Waals surface area contributed by atoms with Gasteiger partial charge in [0.15, 0.2) is 0 Å². The normalized spacial score (nSPS) is 19.3. The molecule has 1 atom stereocenters. The fraction of sp³-hybridized carbons (Fsp3) is 0.538. The smallest absolute Gasteiger partial charge is 0.124 e. The van der Waals surface area contributed by atoms with Crippen LogP contribution < -0.4 is 15.8 Å². The number of rotatable bonds is 3. The lowest BCUT2D eigenvalue weighted by Crippen LogP contribution is -2.30. The van der Waals surface area contributed by atoms with E-state index < -0.39 is 0 Å². The van der Waals surface area contributed by atoms with Gasteiger partial charge in [-0.15, -0.1) is 0 Å². The Morgan fingerprint density at radius 2 is 2.31 bits per heavy atom. The summed E-state index contributed by atoms with van der Waals surface area (Å²) in [6, 6.07) is 6.42. The Morgan fingerprint density at radius 1 is 1.50 bits per heavy atom. The van der Waals surface area contributed by atoms with Crippen LogP contribution >= 0.6 is 0 Å². The lowest BCUT2D eigenvalue weighted by Gasteiger charge is -2.28. The van der Waals surface area contributed by atoms with Crippen molar-refractivity contribution in [2.75, 3.05) is 18.9 Å².